The van der Waals surface area contributed by atoms with Crippen LogP contribution in [0.2, 0.25) is 0 Å². The second kappa shape index (κ2) is 6.02. The molecule has 0 saturated carbocycles. The standard InChI is InChI=1S/C23H20N4O/c1-14(28)21-13-23(2)12-20-8-7-18(26-20)10-16-4-3-15(24-16)9-17-5-6-19(25-17)11-22(21)27-23/h3-12,24,27H,13H2,1-2H3/b15-9-,16-10-,19-11-,20-12-/i13D. The van der Waals surface area contributed by atoms with E-state index in [-0.39, 0.29) is 5.78 Å². The molecule has 0 spiro atoms. The number of allylic oxidation sites excluding steroid dienone is 5. The van der Waals surface area contributed by atoms with E-state index in [4.69, 9.17) is 1.37 Å². The van der Waals surface area contributed by atoms with E-state index >= 15 is 0 Å². The van der Waals surface area contributed by atoms with Crippen LogP contribution in [-0.4, -0.2) is 27.7 Å². The first kappa shape index (κ1) is 15.6. The van der Waals surface area contributed by atoms with Crippen LogP contribution < -0.4 is 16.0 Å². The Bertz CT molecular complexity index is 1280. The van der Waals surface area contributed by atoms with E-state index < -0.39 is 11.9 Å². The van der Waals surface area contributed by atoms with Crippen molar-refractivity contribution >= 4 is 29.4 Å². The van der Waals surface area contributed by atoms with Gasteiger partial charge in [0.25, 0.3) is 0 Å². The summed E-state index contributed by atoms with van der Waals surface area (Å²) < 4.78 is 8.74. The number of aromatic amines is 1. The molecule has 138 valence electrons. The monoisotopic (exact) mass is 369 g/mol. The van der Waals surface area contributed by atoms with Gasteiger partial charge in [-0.3, -0.25) is 4.79 Å². The second-order valence-electron chi connectivity index (χ2n) is 7.47. The van der Waals surface area contributed by atoms with Crippen molar-refractivity contribution in [1.29, 1.82) is 0 Å². The molecular weight excluding hydrogens is 348 g/mol. The predicted octanol–water partition coefficient (Wildman–Crippen LogP) is 1.97. The van der Waals surface area contributed by atoms with E-state index in [1.54, 1.807) is 0 Å². The fraction of sp³-hybridized carbons (Fsp3) is 0.174. The van der Waals surface area contributed by atoms with Crippen molar-refractivity contribution < 1.29 is 6.17 Å². The van der Waals surface area contributed by atoms with Crippen LogP contribution >= 0.6 is 0 Å². The maximum atomic E-state index is 12.3. The Balaban J connectivity index is 1.73. The predicted molar refractivity (Wildman–Crippen MR) is 112 cm³/mol. The minimum atomic E-state index is -0.746. The van der Waals surface area contributed by atoms with Crippen LogP contribution in [0, 0.1) is 0 Å². The van der Waals surface area contributed by atoms with Gasteiger partial charge < -0.3 is 10.3 Å². The molecule has 4 aliphatic heterocycles. The average molecular weight is 369 g/mol. The summed E-state index contributed by atoms with van der Waals surface area (Å²) >= 11 is 0. The Morgan fingerprint density at radius 1 is 1.04 bits per heavy atom. The zero-order chi connectivity index (χ0) is 20.2. The number of carbonyl (C=O) groups excluding carboxylic acids is 1. The molecule has 5 nitrogen and oxygen atoms in total. The molecule has 2 N–H and O–H groups in total. The molecular formula is C23H20N4O. The van der Waals surface area contributed by atoms with Gasteiger partial charge in [-0.05, 0) is 74.6 Å². The molecule has 4 aliphatic rings. The molecule has 0 aromatic carbocycles. The molecule has 28 heavy (non-hydrogen) atoms. The van der Waals surface area contributed by atoms with Crippen molar-refractivity contribution in [2.75, 3.05) is 0 Å². The summed E-state index contributed by atoms with van der Waals surface area (Å²) in [5, 5.41) is 5.29. The zero-order valence-corrected chi connectivity index (χ0v) is 15.7. The van der Waals surface area contributed by atoms with Crippen LogP contribution in [0.15, 0.2) is 81.2 Å². The number of H-pyrrole nitrogens is 1. The number of rotatable bonds is 1. The smallest absolute Gasteiger partial charge is 0.157 e. The Labute approximate surface area is 164 Å². The molecule has 0 radical (unpaired) electrons. The van der Waals surface area contributed by atoms with Crippen LogP contribution in [-0.2, 0) is 4.79 Å². The first-order valence-corrected chi connectivity index (χ1v) is 9.22. The highest BCUT2D eigenvalue weighted by Gasteiger charge is 2.34. The van der Waals surface area contributed by atoms with Crippen molar-refractivity contribution in [3.05, 3.63) is 82.0 Å². The minimum Gasteiger partial charge on any atom is -0.376 e. The molecule has 1 aromatic rings. The molecule has 1 aromatic heterocycles. The average Bonchev–Trinajstić information content (AvgIpc) is 3.40. The molecule has 0 aliphatic carbocycles. The van der Waals surface area contributed by atoms with E-state index in [1.165, 1.54) is 6.92 Å². The summed E-state index contributed by atoms with van der Waals surface area (Å²) in [6.45, 7) is 3.43. The van der Waals surface area contributed by atoms with Gasteiger partial charge >= 0.3 is 0 Å². The molecule has 5 heterocycles. The van der Waals surface area contributed by atoms with E-state index in [2.05, 4.69) is 20.3 Å². The van der Waals surface area contributed by atoms with Gasteiger partial charge in [0.1, 0.15) is 0 Å². The van der Waals surface area contributed by atoms with Crippen molar-refractivity contribution in [2.45, 2.75) is 25.8 Å². The van der Waals surface area contributed by atoms with Gasteiger partial charge in [0.15, 0.2) is 5.78 Å². The molecule has 2 atom stereocenters. The Kier molecular flexibility index (Phi) is 3.35. The fourth-order valence-electron chi connectivity index (χ4n) is 3.74. The van der Waals surface area contributed by atoms with E-state index in [1.807, 2.05) is 67.7 Å². The van der Waals surface area contributed by atoms with Crippen LogP contribution in [0.5, 0.6) is 0 Å². The largest absolute Gasteiger partial charge is 0.376 e. The van der Waals surface area contributed by atoms with Crippen LogP contribution in [0.3, 0.4) is 0 Å². The lowest BCUT2D eigenvalue weighted by atomic mass is 9.94. The van der Waals surface area contributed by atoms with Gasteiger partial charge in [-0.15, -0.1) is 0 Å². The summed E-state index contributed by atoms with van der Waals surface area (Å²) in [6.07, 6.45) is 14.7. The van der Waals surface area contributed by atoms with Gasteiger partial charge in [0.2, 0.25) is 0 Å². The van der Waals surface area contributed by atoms with Gasteiger partial charge in [-0.1, -0.05) is 0 Å². The third kappa shape index (κ3) is 3.05. The summed E-state index contributed by atoms with van der Waals surface area (Å²) in [4.78, 5) is 25.0. The van der Waals surface area contributed by atoms with Crippen molar-refractivity contribution in [3.8, 4) is 0 Å². The molecule has 0 saturated heterocycles. The third-order valence-electron chi connectivity index (χ3n) is 4.96. The lowest BCUT2D eigenvalue weighted by Gasteiger charge is -2.22. The van der Waals surface area contributed by atoms with Crippen LogP contribution in [0.1, 0.15) is 21.6 Å². The van der Waals surface area contributed by atoms with Gasteiger partial charge in [-0.25, -0.2) is 9.98 Å². The minimum absolute atomic E-state index is 0.111. The Morgan fingerprint density at radius 3 is 2.36 bits per heavy atom. The topological polar surface area (TPSA) is 69.6 Å². The summed E-state index contributed by atoms with van der Waals surface area (Å²) in [5.74, 6) is -0.111. The summed E-state index contributed by atoms with van der Waals surface area (Å²) in [6, 6.07) is 4.01. The third-order valence-corrected chi connectivity index (χ3v) is 4.96. The van der Waals surface area contributed by atoms with E-state index in [9.17, 15) is 4.79 Å². The maximum Gasteiger partial charge on any atom is 0.157 e. The number of ketones is 1. The molecule has 5 rings (SSSR count). The first-order chi connectivity index (χ1) is 13.9. The quantitative estimate of drug-likeness (QED) is 0.795. The van der Waals surface area contributed by atoms with Crippen molar-refractivity contribution in [2.24, 2.45) is 9.98 Å². The normalized spacial score (nSPS) is 34.1. The number of hydrogen-bond acceptors (Lipinski definition) is 4. The molecule has 0 fully saturated rings. The maximum absolute atomic E-state index is 12.3. The highest BCUT2D eigenvalue weighted by molar-refractivity contribution is 6.20. The molecule has 5 heteroatoms. The molecule has 0 amide bonds. The second-order valence-corrected chi connectivity index (χ2v) is 7.47. The van der Waals surface area contributed by atoms with Crippen LogP contribution in [0.25, 0.3) is 12.2 Å². The highest BCUT2D eigenvalue weighted by atomic mass is 16.1. The van der Waals surface area contributed by atoms with Crippen molar-refractivity contribution in [3.63, 3.8) is 0 Å². The van der Waals surface area contributed by atoms with Gasteiger partial charge in [0.05, 0.1) is 28.4 Å². The van der Waals surface area contributed by atoms with E-state index in [0.717, 1.165) is 33.5 Å². The van der Waals surface area contributed by atoms with Crippen LogP contribution in [0.4, 0.5) is 0 Å². The molecule has 8 bridgehead atoms. The van der Waals surface area contributed by atoms with Gasteiger partial charge in [0, 0.05) is 29.7 Å². The lowest BCUT2D eigenvalue weighted by Crippen LogP contribution is -2.34. The number of hydrogen-bond donors (Lipinski definition) is 2. The SMILES string of the molecule is [2H]C1C(C(C)=O)=C2/C=C3/C=CC(=N3)/C=c3/cc/c([nH]3)=C/C3=NC(=C\C1(C)N2)/C=C3. The van der Waals surface area contributed by atoms with Crippen molar-refractivity contribution in [1.82, 2.24) is 10.3 Å². The van der Waals surface area contributed by atoms with Gasteiger partial charge in [-0.2, -0.15) is 0 Å². The number of Topliss-reactive ketones (excluding diaryl/α,β-unsaturated/α-hetero) is 1. The number of carbonyl (C=O) groups is 1. The zero-order valence-electron chi connectivity index (χ0n) is 16.7. The lowest BCUT2D eigenvalue weighted by molar-refractivity contribution is -0.113. The number of fused-ring (bicyclic) bond motifs is 6. The fourth-order valence-corrected chi connectivity index (χ4v) is 3.74. The Morgan fingerprint density at radius 2 is 1.68 bits per heavy atom. The number of nitrogens with zero attached hydrogens (tertiary/aromatic N) is 2. The molecule has 2 unspecified atom stereocenters. The Hall–Kier alpha value is -3.47. The number of aliphatic imine (C=N–C) groups is 2. The number of aromatic nitrogens is 1. The highest BCUT2D eigenvalue weighted by Crippen LogP contribution is 2.32. The number of nitrogens with one attached hydrogen (secondary N) is 2. The summed E-state index contributed by atoms with van der Waals surface area (Å²) in [5.41, 5.74) is 3.54. The summed E-state index contributed by atoms with van der Waals surface area (Å²) in [7, 11) is 0. The first-order valence-electron chi connectivity index (χ1n) is 9.79. The van der Waals surface area contributed by atoms with E-state index in [0.29, 0.717) is 11.3 Å².